The van der Waals surface area contributed by atoms with Gasteiger partial charge in [0, 0.05) is 21.5 Å². The topological polar surface area (TPSA) is 22.8 Å². The predicted octanol–water partition coefficient (Wildman–Crippen LogP) is 11.2. The second-order valence-electron chi connectivity index (χ2n) is 14.0. The second-order valence-corrected chi connectivity index (χ2v) is 14.0. The van der Waals surface area contributed by atoms with Gasteiger partial charge in [-0.1, -0.05) is 91.1 Å². The van der Waals surface area contributed by atoms with Gasteiger partial charge >= 0.3 is 0 Å². The lowest BCUT2D eigenvalue weighted by atomic mass is 9.85. The van der Waals surface area contributed by atoms with Crippen LogP contribution in [0.25, 0.3) is 67.1 Å². The number of aromatic nitrogens is 3. The molecule has 7 aromatic rings. The first-order valence-electron chi connectivity index (χ1n) is 15.4. The summed E-state index contributed by atoms with van der Waals surface area (Å²) in [4.78, 5) is 4.83. The third-order valence-electron chi connectivity index (χ3n) is 9.01. The zero-order valence-corrected chi connectivity index (χ0v) is 26.6. The minimum atomic E-state index is 0.0547. The summed E-state index contributed by atoms with van der Waals surface area (Å²) in [5, 5.41) is 4.92. The maximum absolute atomic E-state index is 4.83. The molecule has 0 amide bonds. The highest BCUT2D eigenvalue weighted by atomic mass is 15.0. The van der Waals surface area contributed by atoms with E-state index in [4.69, 9.17) is 4.98 Å². The summed E-state index contributed by atoms with van der Waals surface area (Å²) in [6, 6.07) is 29.2. The first-order valence-corrected chi connectivity index (χ1v) is 15.4. The molecule has 4 aromatic carbocycles. The van der Waals surface area contributed by atoms with Crippen LogP contribution in [0.3, 0.4) is 0 Å². The quantitative estimate of drug-likeness (QED) is 0.205. The summed E-state index contributed by atoms with van der Waals surface area (Å²) in [6.07, 6.45) is 7.76. The molecule has 3 heteroatoms. The van der Waals surface area contributed by atoms with Crippen molar-refractivity contribution >= 4 is 55.8 Å². The van der Waals surface area contributed by atoms with E-state index in [0.717, 1.165) is 33.5 Å². The Morgan fingerprint density at radius 3 is 1.23 bits per heavy atom. The number of hydrogen-bond acceptors (Lipinski definition) is 1. The van der Waals surface area contributed by atoms with Crippen LogP contribution in [0.1, 0.15) is 63.8 Å². The van der Waals surface area contributed by atoms with Crippen molar-refractivity contribution in [2.24, 2.45) is 0 Å². The highest BCUT2D eigenvalue weighted by molar-refractivity contribution is 6.11. The van der Waals surface area contributed by atoms with Gasteiger partial charge in [0.1, 0.15) is 0 Å². The molecule has 0 N–H and O–H groups in total. The van der Waals surface area contributed by atoms with Gasteiger partial charge in [-0.25, -0.2) is 0 Å². The van der Waals surface area contributed by atoms with Crippen LogP contribution in [0.4, 0.5) is 0 Å². The van der Waals surface area contributed by atoms with Crippen LogP contribution >= 0.6 is 0 Å². The van der Waals surface area contributed by atoms with Gasteiger partial charge in [0.05, 0.1) is 45.8 Å². The number of nitrogens with zero attached hydrogens (tertiary/aromatic N) is 3. The summed E-state index contributed by atoms with van der Waals surface area (Å²) >= 11 is 0. The van der Waals surface area contributed by atoms with Crippen LogP contribution in [-0.4, -0.2) is 14.1 Å². The van der Waals surface area contributed by atoms with E-state index in [1.807, 2.05) is 24.5 Å². The number of benzene rings is 4. The molecular weight excluding hydrogens is 534 g/mol. The molecule has 0 aliphatic carbocycles. The zero-order chi connectivity index (χ0) is 31.0. The Morgan fingerprint density at radius 2 is 0.864 bits per heavy atom. The van der Waals surface area contributed by atoms with E-state index >= 15 is 0 Å². The van der Waals surface area contributed by atoms with Crippen molar-refractivity contribution in [3.05, 3.63) is 127 Å². The summed E-state index contributed by atoms with van der Waals surface area (Å²) in [5.41, 5.74) is 11.7. The molecular formula is C41H39N3. The molecule has 0 saturated heterocycles. The Morgan fingerprint density at radius 1 is 0.500 bits per heavy atom. The molecule has 3 heterocycles. The van der Waals surface area contributed by atoms with Crippen molar-refractivity contribution in [2.75, 3.05) is 0 Å². The van der Waals surface area contributed by atoms with E-state index in [9.17, 15) is 0 Å². The smallest absolute Gasteiger partial charge is 0.0666 e. The molecule has 7 rings (SSSR count). The van der Waals surface area contributed by atoms with Gasteiger partial charge in [0.25, 0.3) is 0 Å². The standard InChI is InChI=1S/C41H39N3/c1-9-26-11-15-36-32(19-26)33-20-27(10-2)12-16-37(33)43(36)30-23-31(25-42-24-30)44-38-17-13-28(40(3,4)5)21-34(38)35-22-29(41(6,7)8)14-18-39(35)44/h9-25H,1-2H2,3-8H3. The van der Waals surface area contributed by atoms with E-state index in [0.29, 0.717) is 0 Å². The summed E-state index contributed by atoms with van der Waals surface area (Å²) < 4.78 is 4.70. The summed E-state index contributed by atoms with van der Waals surface area (Å²) in [7, 11) is 0. The van der Waals surface area contributed by atoms with Gasteiger partial charge < -0.3 is 9.13 Å². The van der Waals surface area contributed by atoms with E-state index in [1.165, 1.54) is 43.7 Å². The molecule has 3 aromatic heterocycles. The van der Waals surface area contributed by atoms with Crippen LogP contribution in [0, 0.1) is 0 Å². The number of pyridine rings is 1. The highest BCUT2D eigenvalue weighted by Crippen LogP contribution is 2.39. The van der Waals surface area contributed by atoms with Crippen molar-refractivity contribution in [1.82, 2.24) is 14.1 Å². The average molecular weight is 574 g/mol. The lowest BCUT2D eigenvalue weighted by molar-refractivity contribution is 0.590. The van der Waals surface area contributed by atoms with E-state index < -0.39 is 0 Å². The molecule has 0 aliphatic heterocycles. The number of fused-ring (bicyclic) bond motifs is 6. The minimum Gasteiger partial charge on any atom is -0.308 e. The van der Waals surface area contributed by atoms with Crippen LogP contribution < -0.4 is 0 Å². The average Bonchev–Trinajstić information content (AvgIpc) is 3.51. The minimum absolute atomic E-state index is 0.0547. The first-order chi connectivity index (χ1) is 21.0. The molecule has 3 nitrogen and oxygen atoms in total. The molecule has 218 valence electrons. The van der Waals surface area contributed by atoms with Crippen LogP contribution in [0.5, 0.6) is 0 Å². The third kappa shape index (κ3) is 4.38. The summed E-state index contributed by atoms with van der Waals surface area (Å²) in [5.74, 6) is 0. The predicted molar refractivity (Wildman–Crippen MR) is 190 cm³/mol. The van der Waals surface area contributed by atoms with Gasteiger partial charge in [-0.3, -0.25) is 4.98 Å². The summed E-state index contributed by atoms with van der Waals surface area (Å²) in [6.45, 7) is 21.7. The zero-order valence-electron chi connectivity index (χ0n) is 26.6. The third-order valence-corrected chi connectivity index (χ3v) is 9.01. The first kappa shape index (κ1) is 27.9. The molecule has 0 bridgehead atoms. The molecule has 0 saturated carbocycles. The van der Waals surface area contributed by atoms with E-state index in [1.54, 1.807) is 0 Å². The van der Waals surface area contributed by atoms with Crippen LogP contribution in [0.2, 0.25) is 0 Å². The highest BCUT2D eigenvalue weighted by Gasteiger charge is 2.21. The molecule has 0 aliphatic rings. The van der Waals surface area contributed by atoms with Gasteiger partial charge in [-0.05, 0) is 87.7 Å². The van der Waals surface area contributed by atoms with Crippen molar-refractivity contribution in [2.45, 2.75) is 52.4 Å². The van der Waals surface area contributed by atoms with E-state index in [2.05, 4.69) is 143 Å². The Labute approximate surface area is 259 Å². The molecule has 0 spiro atoms. The van der Waals surface area contributed by atoms with Gasteiger partial charge in [0.2, 0.25) is 0 Å². The second kappa shape index (κ2) is 9.82. The molecule has 0 unspecified atom stereocenters. The molecule has 0 atom stereocenters. The van der Waals surface area contributed by atoms with Crippen molar-refractivity contribution < 1.29 is 0 Å². The maximum Gasteiger partial charge on any atom is 0.0666 e. The molecule has 0 fully saturated rings. The normalized spacial score (nSPS) is 12.5. The van der Waals surface area contributed by atoms with Crippen LogP contribution in [-0.2, 0) is 10.8 Å². The van der Waals surface area contributed by atoms with Gasteiger partial charge in [-0.15, -0.1) is 0 Å². The Bertz CT molecular complexity index is 2140. The van der Waals surface area contributed by atoms with Crippen molar-refractivity contribution in [3.63, 3.8) is 0 Å². The number of rotatable bonds is 4. The Balaban J connectivity index is 1.52. The SMILES string of the molecule is C=Cc1ccc2c(c1)c1cc(C=C)ccc1n2-c1cncc(-n2c3ccc(C(C)(C)C)cc3c3cc(C(C)(C)C)ccc32)c1. The molecule has 44 heavy (non-hydrogen) atoms. The lowest BCUT2D eigenvalue weighted by Crippen LogP contribution is -2.10. The monoisotopic (exact) mass is 573 g/mol. The molecule has 0 radical (unpaired) electrons. The van der Waals surface area contributed by atoms with Gasteiger partial charge in [-0.2, -0.15) is 0 Å². The lowest BCUT2D eigenvalue weighted by Gasteiger charge is -2.19. The largest absolute Gasteiger partial charge is 0.308 e. The number of hydrogen-bond donors (Lipinski definition) is 0. The van der Waals surface area contributed by atoms with Crippen molar-refractivity contribution in [3.8, 4) is 11.4 Å². The van der Waals surface area contributed by atoms with Crippen molar-refractivity contribution in [1.29, 1.82) is 0 Å². The fraction of sp³-hybridized carbons (Fsp3) is 0.195. The fourth-order valence-electron chi connectivity index (χ4n) is 6.49. The Kier molecular flexibility index (Phi) is 6.23. The Hall–Kier alpha value is -4.89. The van der Waals surface area contributed by atoms with E-state index in [-0.39, 0.29) is 10.8 Å². The fourth-order valence-corrected chi connectivity index (χ4v) is 6.49. The van der Waals surface area contributed by atoms with Crippen LogP contribution in [0.15, 0.2) is 104 Å². The maximum atomic E-state index is 4.83. The van der Waals surface area contributed by atoms with Gasteiger partial charge in [0.15, 0.2) is 0 Å².